The van der Waals surface area contributed by atoms with Crippen LogP contribution in [-0.4, -0.2) is 17.1 Å². The van der Waals surface area contributed by atoms with E-state index in [0.29, 0.717) is 33.5 Å². The van der Waals surface area contributed by atoms with Crippen molar-refractivity contribution < 1.29 is 9.53 Å². The maximum absolute atomic E-state index is 12.7. The summed E-state index contributed by atoms with van der Waals surface area (Å²) in [4.78, 5) is 17.3. The Labute approximate surface area is 253 Å². The molecule has 0 radical (unpaired) electrons. The van der Waals surface area contributed by atoms with E-state index in [2.05, 4.69) is 36.8 Å². The summed E-state index contributed by atoms with van der Waals surface area (Å²) in [5.41, 5.74) is 7.32. The van der Waals surface area contributed by atoms with Gasteiger partial charge in [0.1, 0.15) is 12.4 Å². The lowest BCUT2D eigenvalue weighted by molar-refractivity contribution is 0.0955. The van der Waals surface area contributed by atoms with Crippen LogP contribution in [0.4, 0.5) is 10.8 Å². The van der Waals surface area contributed by atoms with E-state index in [1.54, 1.807) is 18.3 Å². The minimum absolute atomic E-state index is 0.331. The molecule has 0 atom stereocenters. The van der Waals surface area contributed by atoms with Gasteiger partial charge in [0, 0.05) is 42.3 Å². The molecule has 0 aliphatic rings. The Morgan fingerprint density at radius 1 is 0.975 bits per heavy atom. The van der Waals surface area contributed by atoms with Gasteiger partial charge < -0.3 is 10.1 Å². The Hall–Kier alpha value is -3.69. The van der Waals surface area contributed by atoms with E-state index in [4.69, 9.17) is 27.9 Å². The highest BCUT2D eigenvalue weighted by Gasteiger charge is 2.09. The first-order valence-electron chi connectivity index (χ1n) is 12.0. The summed E-state index contributed by atoms with van der Waals surface area (Å²) in [6, 6.07) is 27.7. The molecule has 0 saturated carbocycles. The summed E-state index contributed by atoms with van der Waals surface area (Å²) in [7, 11) is 0. The summed E-state index contributed by atoms with van der Waals surface area (Å²) >= 11 is 17.0. The van der Waals surface area contributed by atoms with Crippen LogP contribution in [0.1, 0.15) is 21.5 Å². The zero-order valence-corrected chi connectivity index (χ0v) is 24.7. The van der Waals surface area contributed by atoms with Crippen LogP contribution in [0.15, 0.2) is 106 Å². The lowest BCUT2D eigenvalue weighted by Crippen LogP contribution is -2.17. The Kier molecular flexibility index (Phi) is 9.13. The maximum Gasteiger partial charge on any atom is 0.271 e. The fraction of sp³-hybridized carbons (Fsp3) is 0.0333. The predicted molar refractivity (Wildman–Crippen MR) is 167 cm³/mol. The van der Waals surface area contributed by atoms with Crippen molar-refractivity contribution in [2.45, 2.75) is 6.61 Å². The quantitative estimate of drug-likeness (QED) is 0.123. The van der Waals surface area contributed by atoms with Crippen molar-refractivity contribution in [1.82, 2.24) is 10.4 Å². The summed E-state index contributed by atoms with van der Waals surface area (Å²) < 4.78 is 6.83. The number of hydrazone groups is 1. The second-order valence-corrected chi connectivity index (χ2v) is 11.2. The summed E-state index contributed by atoms with van der Waals surface area (Å²) in [5, 5.41) is 11.5. The minimum atomic E-state index is -0.331. The molecule has 5 rings (SSSR count). The molecule has 2 N–H and O–H groups in total. The number of rotatable bonds is 9. The SMILES string of the molecule is O=C(N/N=C\c1cc(Br)ccc1OCc1cccc(Cl)c1)c1ccc(-c2csc(Nc3ccc(Cl)cc3)n2)cc1. The van der Waals surface area contributed by atoms with Gasteiger partial charge in [-0.15, -0.1) is 11.3 Å². The summed E-state index contributed by atoms with van der Waals surface area (Å²) in [6.07, 6.45) is 1.55. The average Bonchev–Trinajstić information content (AvgIpc) is 3.42. The number of thiazole rings is 1. The smallest absolute Gasteiger partial charge is 0.271 e. The van der Waals surface area contributed by atoms with Crippen LogP contribution in [0, 0.1) is 0 Å². The number of nitrogens with zero attached hydrogens (tertiary/aromatic N) is 2. The number of carbonyl (C=O) groups is 1. The molecule has 0 fully saturated rings. The molecule has 1 aromatic heterocycles. The van der Waals surface area contributed by atoms with Crippen molar-refractivity contribution in [3.63, 3.8) is 0 Å². The van der Waals surface area contributed by atoms with Crippen LogP contribution >= 0.6 is 50.5 Å². The first kappa shape index (κ1) is 27.9. The van der Waals surface area contributed by atoms with Crippen LogP contribution < -0.4 is 15.5 Å². The Bertz CT molecular complexity index is 1660. The molecule has 0 unspecified atom stereocenters. The van der Waals surface area contributed by atoms with Gasteiger partial charge in [-0.2, -0.15) is 5.10 Å². The van der Waals surface area contributed by atoms with E-state index >= 15 is 0 Å². The van der Waals surface area contributed by atoms with E-state index in [9.17, 15) is 4.79 Å². The molecular weight excluding hydrogens is 631 g/mol. The van der Waals surface area contributed by atoms with E-state index < -0.39 is 0 Å². The maximum atomic E-state index is 12.7. The number of amides is 1. The Balaban J connectivity index is 1.20. The normalized spacial score (nSPS) is 11.0. The van der Waals surface area contributed by atoms with Gasteiger partial charge in [-0.05, 0) is 72.3 Å². The van der Waals surface area contributed by atoms with E-state index in [1.165, 1.54) is 11.3 Å². The molecule has 40 heavy (non-hydrogen) atoms. The molecule has 1 heterocycles. The number of hydrogen-bond acceptors (Lipinski definition) is 6. The third kappa shape index (κ3) is 7.49. The van der Waals surface area contributed by atoms with Crippen LogP contribution in [0.3, 0.4) is 0 Å². The zero-order valence-electron chi connectivity index (χ0n) is 20.8. The van der Waals surface area contributed by atoms with Crippen molar-refractivity contribution in [2.24, 2.45) is 5.10 Å². The topological polar surface area (TPSA) is 75.6 Å². The van der Waals surface area contributed by atoms with Gasteiger partial charge in [0.15, 0.2) is 5.13 Å². The standard InChI is InChI=1S/C30H21BrCl2N4O2S/c31-23-8-13-28(39-17-19-2-1-3-25(33)14-19)22(15-23)16-34-37-29(38)21-6-4-20(5-7-21)27-18-40-30(36-27)35-26-11-9-24(32)10-12-26/h1-16,18H,17H2,(H,35,36)(H,37,38)/b34-16-. The second kappa shape index (κ2) is 13.1. The van der Waals surface area contributed by atoms with Crippen molar-refractivity contribution in [2.75, 3.05) is 5.32 Å². The zero-order chi connectivity index (χ0) is 27.9. The monoisotopic (exact) mass is 650 g/mol. The van der Waals surface area contributed by atoms with E-state index in [-0.39, 0.29) is 5.91 Å². The molecule has 4 aromatic carbocycles. The van der Waals surface area contributed by atoms with Crippen molar-refractivity contribution in [1.29, 1.82) is 0 Å². The van der Waals surface area contributed by atoms with Crippen molar-refractivity contribution >= 4 is 73.4 Å². The molecule has 10 heteroatoms. The fourth-order valence-electron chi connectivity index (χ4n) is 3.68. The Morgan fingerprint density at radius 3 is 2.55 bits per heavy atom. The molecule has 200 valence electrons. The molecule has 6 nitrogen and oxygen atoms in total. The number of halogens is 3. The largest absolute Gasteiger partial charge is 0.488 e. The number of carbonyl (C=O) groups excluding carboxylic acids is 1. The number of nitrogens with one attached hydrogen (secondary N) is 2. The van der Waals surface area contributed by atoms with Gasteiger partial charge in [-0.3, -0.25) is 4.79 Å². The molecular formula is C30H21BrCl2N4O2S. The molecule has 1 amide bonds. The second-order valence-electron chi connectivity index (χ2n) is 8.55. The molecule has 0 saturated heterocycles. The van der Waals surface area contributed by atoms with Gasteiger partial charge in [0.25, 0.3) is 5.91 Å². The first-order chi connectivity index (χ1) is 19.4. The van der Waals surface area contributed by atoms with Gasteiger partial charge in [-0.1, -0.05) is 63.4 Å². The molecule has 0 aliphatic carbocycles. The van der Waals surface area contributed by atoms with Gasteiger partial charge >= 0.3 is 0 Å². The van der Waals surface area contributed by atoms with Crippen molar-refractivity contribution in [3.05, 3.63) is 128 Å². The third-order valence-electron chi connectivity index (χ3n) is 5.67. The lowest BCUT2D eigenvalue weighted by Gasteiger charge is -2.10. The summed E-state index contributed by atoms with van der Waals surface area (Å²) in [6.45, 7) is 0.347. The van der Waals surface area contributed by atoms with Crippen LogP contribution in [0.25, 0.3) is 11.3 Å². The highest BCUT2D eigenvalue weighted by atomic mass is 79.9. The van der Waals surface area contributed by atoms with Crippen LogP contribution in [0.2, 0.25) is 10.0 Å². The third-order valence-corrected chi connectivity index (χ3v) is 7.41. The van der Waals surface area contributed by atoms with Crippen LogP contribution in [0.5, 0.6) is 5.75 Å². The van der Waals surface area contributed by atoms with Gasteiger partial charge in [0.2, 0.25) is 0 Å². The number of ether oxygens (including phenoxy) is 1. The Morgan fingerprint density at radius 2 is 1.77 bits per heavy atom. The number of hydrogen-bond donors (Lipinski definition) is 2. The lowest BCUT2D eigenvalue weighted by atomic mass is 10.1. The van der Waals surface area contributed by atoms with Gasteiger partial charge in [-0.25, -0.2) is 10.4 Å². The summed E-state index contributed by atoms with van der Waals surface area (Å²) in [5.74, 6) is 0.293. The number of aromatic nitrogens is 1. The van der Waals surface area contributed by atoms with E-state index in [0.717, 1.165) is 32.1 Å². The number of anilines is 2. The highest BCUT2D eigenvalue weighted by Crippen LogP contribution is 2.28. The number of benzene rings is 4. The highest BCUT2D eigenvalue weighted by molar-refractivity contribution is 9.10. The van der Waals surface area contributed by atoms with E-state index in [1.807, 2.05) is 84.2 Å². The van der Waals surface area contributed by atoms with Gasteiger partial charge in [0.05, 0.1) is 11.9 Å². The average molecular weight is 652 g/mol. The molecule has 0 bridgehead atoms. The molecule has 0 spiro atoms. The minimum Gasteiger partial charge on any atom is -0.488 e. The van der Waals surface area contributed by atoms with Crippen molar-refractivity contribution in [3.8, 4) is 17.0 Å². The molecule has 5 aromatic rings. The fourth-order valence-corrected chi connectivity index (χ4v) is 5.13. The molecule has 0 aliphatic heterocycles. The van der Waals surface area contributed by atoms with Crippen LogP contribution in [-0.2, 0) is 6.61 Å². The predicted octanol–water partition coefficient (Wildman–Crippen LogP) is 8.97. The first-order valence-corrected chi connectivity index (χ1v) is 14.4.